The van der Waals surface area contributed by atoms with E-state index in [1.165, 1.54) is 39.7 Å². The van der Waals surface area contributed by atoms with Gasteiger partial charge in [0, 0.05) is 6.07 Å². The second-order valence-electron chi connectivity index (χ2n) is 7.39. The summed E-state index contributed by atoms with van der Waals surface area (Å²) in [4.78, 5) is 36.8. The molecule has 0 fully saturated rings. The fraction of sp³-hybridized carbons (Fsp3) is 0.154. The number of ether oxygens (including phenoxy) is 4. The maximum atomic E-state index is 12.4. The Balaban J connectivity index is 1.62. The SMILES string of the molecule is COc1ccc(OC)c(NC(=O)C(=O)N/N=C/c2ccc(OC(=O)c3ccc(C)cc3)c(OC)c2)c1. The van der Waals surface area contributed by atoms with Gasteiger partial charge >= 0.3 is 17.8 Å². The zero-order chi connectivity index (χ0) is 26.1. The molecule has 0 radical (unpaired) electrons. The Bertz CT molecular complexity index is 1290. The highest BCUT2D eigenvalue weighted by molar-refractivity contribution is 6.39. The van der Waals surface area contributed by atoms with E-state index in [1.807, 2.05) is 19.1 Å². The van der Waals surface area contributed by atoms with Crippen molar-refractivity contribution in [2.45, 2.75) is 6.92 Å². The fourth-order valence-corrected chi connectivity index (χ4v) is 3.00. The van der Waals surface area contributed by atoms with Crippen molar-refractivity contribution >= 4 is 29.7 Å². The normalized spacial score (nSPS) is 10.4. The Hall–Kier alpha value is -4.86. The summed E-state index contributed by atoms with van der Waals surface area (Å²) >= 11 is 0. The number of hydrogen-bond donors (Lipinski definition) is 2. The number of esters is 1. The van der Waals surface area contributed by atoms with Crippen LogP contribution in [0.1, 0.15) is 21.5 Å². The van der Waals surface area contributed by atoms with E-state index in [0.29, 0.717) is 22.6 Å². The lowest BCUT2D eigenvalue weighted by atomic mass is 10.1. The molecule has 0 saturated heterocycles. The molecule has 186 valence electrons. The number of carbonyl (C=O) groups is 3. The topological polar surface area (TPSA) is 125 Å². The molecule has 0 aliphatic carbocycles. The minimum absolute atomic E-state index is 0.218. The summed E-state index contributed by atoms with van der Waals surface area (Å²) in [6.45, 7) is 1.92. The highest BCUT2D eigenvalue weighted by Gasteiger charge is 2.16. The number of nitrogens with one attached hydrogen (secondary N) is 2. The summed E-state index contributed by atoms with van der Waals surface area (Å²) in [5, 5.41) is 6.24. The van der Waals surface area contributed by atoms with Crippen molar-refractivity contribution in [1.82, 2.24) is 5.43 Å². The van der Waals surface area contributed by atoms with Crippen LogP contribution >= 0.6 is 0 Å². The van der Waals surface area contributed by atoms with Crippen LogP contribution in [0.25, 0.3) is 0 Å². The molecule has 0 atom stereocenters. The van der Waals surface area contributed by atoms with Gasteiger partial charge in [0.2, 0.25) is 0 Å². The summed E-state index contributed by atoms with van der Waals surface area (Å²) in [5.74, 6) is -1.13. The lowest BCUT2D eigenvalue weighted by Gasteiger charge is -2.11. The number of hydrazone groups is 1. The molecule has 10 nitrogen and oxygen atoms in total. The average Bonchev–Trinajstić information content (AvgIpc) is 2.89. The second kappa shape index (κ2) is 12.0. The molecular formula is C26H25N3O7. The van der Waals surface area contributed by atoms with E-state index >= 15 is 0 Å². The van der Waals surface area contributed by atoms with Crippen molar-refractivity contribution in [3.8, 4) is 23.0 Å². The van der Waals surface area contributed by atoms with Gasteiger partial charge in [-0.1, -0.05) is 17.7 Å². The molecule has 3 aromatic rings. The van der Waals surface area contributed by atoms with Gasteiger partial charge in [-0.15, -0.1) is 0 Å². The van der Waals surface area contributed by atoms with Crippen molar-refractivity contribution in [1.29, 1.82) is 0 Å². The first-order valence-corrected chi connectivity index (χ1v) is 10.7. The summed E-state index contributed by atoms with van der Waals surface area (Å²) in [5.41, 5.74) is 4.37. The zero-order valence-electron chi connectivity index (χ0n) is 20.2. The number of aryl methyl sites for hydroxylation is 1. The Kier molecular flexibility index (Phi) is 8.60. The van der Waals surface area contributed by atoms with Crippen LogP contribution < -0.4 is 29.7 Å². The molecule has 0 aliphatic heterocycles. The number of nitrogens with zero attached hydrogens (tertiary/aromatic N) is 1. The Labute approximate surface area is 207 Å². The number of hydrogen-bond acceptors (Lipinski definition) is 8. The highest BCUT2D eigenvalue weighted by atomic mass is 16.6. The van der Waals surface area contributed by atoms with Crippen molar-refractivity contribution in [3.05, 3.63) is 77.4 Å². The van der Waals surface area contributed by atoms with Crippen LogP contribution in [0, 0.1) is 6.92 Å². The Morgan fingerprint density at radius 1 is 0.778 bits per heavy atom. The summed E-state index contributed by atoms with van der Waals surface area (Å²) in [6.07, 6.45) is 1.31. The largest absolute Gasteiger partial charge is 0.497 e. The maximum absolute atomic E-state index is 12.4. The molecule has 0 spiro atoms. The van der Waals surface area contributed by atoms with E-state index < -0.39 is 17.8 Å². The molecule has 0 bridgehead atoms. The molecule has 0 saturated carbocycles. The number of amides is 2. The summed E-state index contributed by atoms with van der Waals surface area (Å²) in [6, 6.07) is 16.5. The minimum atomic E-state index is -0.994. The van der Waals surface area contributed by atoms with E-state index in [1.54, 1.807) is 36.4 Å². The molecule has 0 aromatic heterocycles. The summed E-state index contributed by atoms with van der Waals surface area (Å²) in [7, 11) is 4.34. The highest BCUT2D eigenvalue weighted by Crippen LogP contribution is 2.29. The van der Waals surface area contributed by atoms with Crippen LogP contribution in [0.5, 0.6) is 23.0 Å². The van der Waals surface area contributed by atoms with Crippen LogP contribution in [-0.2, 0) is 9.59 Å². The van der Waals surface area contributed by atoms with Gasteiger partial charge in [0.05, 0.1) is 38.8 Å². The van der Waals surface area contributed by atoms with E-state index in [9.17, 15) is 14.4 Å². The number of carbonyl (C=O) groups excluding carboxylic acids is 3. The van der Waals surface area contributed by atoms with Gasteiger partial charge in [0.1, 0.15) is 11.5 Å². The molecular weight excluding hydrogens is 466 g/mol. The van der Waals surface area contributed by atoms with Crippen molar-refractivity contribution in [3.63, 3.8) is 0 Å². The molecule has 0 heterocycles. The molecule has 0 unspecified atom stereocenters. The van der Waals surface area contributed by atoms with Crippen molar-refractivity contribution < 1.29 is 33.3 Å². The van der Waals surface area contributed by atoms with Crippen molar-refractivity contribution in [2.75, 3.05) is 26.6 Å². The molecule has 3 rings (SSSR count). The third-order valence-electron chi connectivity index (χ3n) is 4.92. The molecule has 2 amide bonds. The average molecular weight is 492 g/mol. The van der Waals surface area contributed by atoms with Crippen LogP contribution in [0.3, 0.4) is 0 Å². The number of anilines is 1. The first kappa shape index (κ1) is 25.8. The van der Waals surface area contributed by atoms with E-state index in [2.05, 4.69) is 15.8 Å². The quantitative estimate of drug-likeness (QED) is 0.163. The molecule has 36 heavy (non-hydrogen) atoms. The third kappa shape index (κ3) is 6.60. The maximum Gasteiger partial charge on any atom is 0.343 e. The molecule has 2 N–H and O–H groups in total. The van der Waals surface area contributed by atoms with Gasteiger partial charge < -0.3 is 24.3 Å². The van der Waals surface area contributed by atoms with E-state index in [0.717, 1.165) is 5.56 Å². The lowest BCUT2D eigenvalue weighted by molar-refractivity contribution is -0.136. The van der Waals surface area contributed by atoms with Crippen molar-refractivity contribution in [2.24, 2.45) is 5.10 Å². The predicted octanol–water partition coefficient (Wildman–Crippen LogP) is 3.33. The first-order chi connectivity index (χ1) is 17.3. The monoisotopic (exact) mass is 491 g/mol. The predicted molar refractivity (Wildman–Crippen MR) is 133 cm³/mol. The Morgan fingerprint density at radius 3 is 2.14 bits per heavy atom. The van der Waals surface area contributed by atoms with Gasteiger partial charge in [-0.2, -0.15) is 5.10 Å². The van der Waals surface area contributed by atoms with Crippen LogP contribution in [0.15, 0.2) is 65.8 Å². The number of methoxy groups -OCH3 is 3. The molecule has 0 aliphatic rings. The van der Waals surface area contributed by atoms with Crippen LogP contribution in [0.2, 0.25) is 0 Å². The molecule has 3 aromatic carbocycles. The molecule has 10 heteroatoms. The Morgan fingerprint density at radius 2 is 1.47 bits per heavy atom. The minimum Gasteiger partial charge on any atom is -0.497 e. The summed E-state index contributed by atoms with van der Waals surface area (Å²) < 4.78 is 21.0. The smallest absolute Gasteiger partial charge is 0.343 e. The van der Waals surface area contributed by atoms with Crippen LogP contribution in [-0.4, -0.2) is 45.3 Å². The lowest BCUT2D eigenvalue weighted by Crippen LogP contribution is -2.32. The third-order valence-corrected chi connectivity index (χ3v) is 4.92. The van der Waals surface area contributed by atoms with Gasteiger partial charge in [0.15, 0.2) is 11.5 Å². The second-order valence-corrected chi connectivity index (χ2v) is 7.39. The van der Waals surface area contributed by atoms with Gasteiger partial charge in [0.25, 0.3) is 0 Å². The van der Waals surface area contributed by atoms with Gasteiger partial charge in [-0.25, -0.2) is 10.2 Å². The number of benzene rings is 3. The van der Waals surface area contributed by atoms with E-state index in [-0.39, 0.29) is 17.2 Å². The first-order valence-electron chi connectivity index (χ1n) is 10.7. The fourth-order valence-electron chi connectivity index (χ4n) is 3.00. The van der Waals surface area contributed by atoms with Gasteiger partial charge in [-0.3, -0.25) is 9.59 Å². The van der Waals surface area contributed by atoms with E-state index in [4.69, 9.17) is 18.9 Å². The standard InChI is InChI=1S/C26H25N3O7/c1-16-5-8-18(9-6-16)26(32)36-22-11-7-17(13-23(22)35-4)15-27-29-25(31)24(30)28-20-14-19(33-2)10-12-21(20)34-3/h5-15H,1-4H3,(H,28,30)(H,29,31)/b27-15+. The zero-order valence-corrected chi connectivity index (χ0v) is 20.2. The number of rotatable bonds is 8. The van der Waals surface area contributed by atoms with Gasteiger partial charge in [-0.05, 0) is 55.0 Å². The van der Waals surface area contributed by atoms with Crippen LogP contribution in [0.4, 0.5) is 5.69 Å².